The third-order valence-electron chi connectivity index (χ3n) is 4.03. The minimum Gasteiger partial charge on any atom is -0.494 e. The van der Waals surface area contributed by atoms with Crippen LogP contribution in [0.15, 0.2) is 24.3 Å². The van der Waals surface area contributed by atoms with Crippen LogP contribution in [0.25, 0.3) is 11.1 Å². The van der Waals surface area contributed by atoms with Crippen molar-refractivity contribution < 1.29 is 19.1 Å². The number of nitrogens with one attached hydrogen (secondary N) is 1. The van der Waals surface area contributed by atoms with Crippen molar-refractivity contribution in [3.8, 4) is 16.9 Å². The summed E-state index contributed by atoms with van der Waals surface area (Å²) >= 11 is 1.40. The van der Waals surface area contributed by atoms with Crippen molar-refractivity contribution in [2.75, 3.05) is 18.5 Å². The number of amides is 1. The summed E-state index contributed by atoms with van der Waals surface area (Å²) in [7, 11) is 0. The molecule has 0 aliphatic rings. The van der Waals surface area contributed by atoms with E-state index in [9.17, 15) is 9.59 Å². The van der Waals surface area contributed by atoms with Crippen LogP contribution in [-0.2, 0) is 9.53 Å². The maximum Gasteiger partial charge on any atom is 0.341 e. The van der Waals surface area contributed by atoms with E-state index >= 15 is 0 Å². The van der Waals surface area contributed by atoms with E-state index in [0.29, 0.717) is 23.6 Å². The molecule has 27 heavy (non-hydrogen) atoms. The Morgan fingerprint density at radius 2 is 1.78 bits per heavy atom. The Morgan fingerprint density at radius 3 is 2.37 bits per heavy atom. The highest BCUT2D eigenvalue weighted by Crippen LogP contribution is 2.41. The van der Waals surface area contributed by atoms with Crippen LogP contribution in [-0.4, -0.2) is 25.1 Å². The lowest BCUT2D eigenvalue weighted by atomic mass is 10.0. The number of carbonyl (C=O) groups excluding carboxylic acids is 2. The van der Waals surface area contributed by atoms with E-state index in [1.165, 1.54) is 11.3 Å². The second-order valence-corrected chi connectivity index (χ2v) is 7.29. The van der Waals surface area contributed by atoms with Gasteiger partial charge in [0.15, 0.2) is 0 Å². The predicted molar refractivity (Wildman–Crippen MR) is 110 cm³/mol. The lowest BCUT2D eigenvalue weighted by Crippen LogP contribution is -2.14. The third-order valence-corrected chi connectivity index (χ3v) is 5.05. The first kappa shape index (κ1) is 21.0. The van der Waals surface area contributed by atoms with Crippen LogP contribution in [0.1, 0.15) is 55.3 Å². The van der Waals surface area contributed by atoms with Gasteiger partial charge in [-0.15, -0.1) is 11.3 Å². The van der Waals surface area contributed by atoms with E-state index < -0.39 is 5.97 Å². The number of unbranched alkanes of at least 4 members (excludes halogenated alkanes) is 1. The summed E-state index contributed by atoms with van der Waals surface area (Å²) in [5, 5.41) is 3.45. The van der Waals surface area contributed by atoms with Crippen molar-refractivity contribution in [1.29, 1.82) is 0 Å². The first-order valence-corrected chi connectivity index (χ1v) is 10.2. The number of esters is 1. The summed E-state index contributed by atoms with van der Waals surface area (Å²) in [4.78, 5) is 25.8. The molecule has 1 N–H and O–H groups in total. The Morgan fingerprint density at radius 1 is 1.07 bits per heavy atom. The van der Waals surface area contributed by atoms with E-state index in [1.807, 2.05) is 45.0 Å². The van der Waals surface area contributed by atoms with Crippen LogP contribution in [0.5, 0.6) is 5.75 Å². The van der Waals surface area contributed by atoms with Gasteiger partial charge < -0.3 is 14.8 Å². The number of rotatable bonds is 9. The highest BCUT2D eigenvalue weighted by atomic mass is 32.1. The highest BCUT2D eigenvalue weighted by Gasteiger charge is 2.25. The molecule has 1 aromatic carbocycles. The van der Waals surface area contributed by atoms with Crippen LogP contribution in [0.3, 0.4) is 0 Å². The topological polar surface area (TPSA) is 64.6 Å². The van der Waals surface area contributed by atoms with Gasteiger partial charge in [-0.25, -0.2) is 4.79 Å². The minimum atomic E-state index is -0.420. The minimum absolute atomic E-state index is 0.0816. The molecule has 2 rings (SSSR count). The van der Waals surface area contributed by atoms with Gasteiger partial charge in [-0.1, -0.05) is 25.5 Å². The van der Waals surface area contributed by atoms with Crippen molar-refractivity contribution in [2.45, 2.75) is 47.0 Å². The largest absolute Gasteiger partial charge is 0.494 e. The summed E-state index contributed by atoms with van der Waals surface area (Å²) in [6.45, 7) is 8.56. The molecule has 0 atom stereocenters. The predicted octanol–water partition coefficient (Wildman–Crippen LogP) is 5.43. The molecule has 0 unspecified atom stereocenters. The molecule has 0 spiro atoms. The Balaban J connectivity index is 2.43. The van der Waals surface area contributed by atoms with E-state index in [4.69, 9.17) is 9.47 Å². The fourth-order valence-corrected chi connectivity index (χ4v) is 3.87. The number of thiophene rings is 1. The molecule has 1 amide bonds. The highest BCUT2D eigenvalue weighted by molar-refractivity contribution is 7.17. The zero-order chi connectivity index (χ0) is 19.8. The Bertz CT molecular complexity index is 780. The molecule has 1 aromatic heterocycles. The lowest BCUT2D eigenvalue weighted by molar-refractivity contribution is -0.116. The molecular weight excluding hydrogens is 362 g/mol. The number of anilines is 1. The first-order chi connectivity index (χ1) is 13.0. The number of carbonyl (C=O) groups is 2. The number of aryl methyl sites for hydroxylation is 1. The average molecular weight is 390 g/mol. The van der Waals surface area contributed by atoms with Crippen LogP contribution >= 0.6 is 11.3 Å². The second-order valence-electron chi connectivity index (χ2n) is 6.07. The number of benzene rings is 1. The van der Waals surface area contributed by atoms with Crippen molar-refractivity contribution >= 4 is 28.2 Å². The number of hydrogen-bond donors (Lipinski definition) is 1. The van der Waals surface area contributed by atoms with Crippen LogP contribution < -0.4 is 10.1 Å². The Hall–Kier alpha value is -2.34. The summed E-state index contributed by atoms with van der Waals surface area (Å²) < 4.78 is 10.8. The molecule has 6 heteroatoms. The van der Waals surface area contributed by atoms with Gasteiger partial charge in [0.2, 0.25) is 5.91 Å². The molecule has 0 aliphatic carbocycles. The second kappa shape index (κ2) is 10.1. The standard InChI is InChI=1S/C21H27NO4S/c1-5-8-9-17(23)22-20-19(21(24)26-7-3)18(14(4)27-20)15-10-12-16(13-11-15)25-6-2/h10-13H,5-9H2,1-4H3,(H,22,23). The monoisotopic (exact) mass is 389 g/mol. The molecule has 2 aromatic rings. The quantitative estimate of drug-likeness (QED) is 0.581. The maximum atomic E-state index is 12.6. The summed E-state index contributed by atoms with van der Waals surface area (Å²) in [6, 6.07) is 7.60. The van der Waals surface area contributed by atoms with Crippen molar-refractivity contribution in [3.05, 3.63) is 34.7 Å². The number of ether oxygens (including phenoxy) is 2. The van der Waals surface area contributed by atoms with E-state index in [-0.39, 0.29) is 12.5 Å². The van der Waals surface area contributed by atoms with Crippen LogP contribution in [0, 0.1) is 6.92 Å². The van der Waals surface area contributed by atoms with Gasteiger partial charge in [-0.05, 0) is 44.9 Å². The molecular formula is C21H27NO4S. The lowest BCUT2D eigenvalue weighted by Gasteiger charge is -2.10. The molecule has 1 heterocycles. The first-order valence-electron chi connectivity index (χ1n) is 9.35. The van der Waals surface area contributed by atoms with Crippen LogP contribution in [0.2, 0.25) is 0 Å². The van der Waals surface area contributed by atoms with Gasteiger partial charge in [-0.3, -0.25) is 4.79 Å². The summed E-state index contributed by atoms with van der Waals surface area (Å²) in [6.07, 6.45) is 2.20. The van der Waals surface area contributed by atoms with Crippen LogP contribution in [0.4, 0.5) is 5.00 Å². The molecule has 0 bridgehead atoms. The third kappa shape index (κ3) is 5.32. The van der Waals surface area contributed by atoms with Crippen molar-refractivity contribution in [3.63, 3.8) is 0 Å². The van der Waals surface area contributed by atoms with Gasteiger partial charge >= 0.3 is 5.97 Å². The molecule has 0 radical (unpaired) electrons. The van der Waals surface area contributed by atoms with Gasteiger partial charge in [0.25, 0.3) is 0 Å². The van der Waals surface area contributed by atoms with Crippen molar-refractivity contribution in [2.24, 2.45) is 0 Å². The fourth-order valence-electron chi connectivity index (χ4n) is 2.79. The summed E-state index contributed by atoms with van der Waals surface area (Å²) in [5.41, 5.74) is 2.12. The van der Waals surface area contributed by atoms with E-state index in [1.54, 1.807) is 6.92 Å². The summed E-state index contributed by atoms with van der Waals surface area (Å²) in [5.74, 6) is 0.276. The molecule has 5 nitrogen and oxygen atoms in total. The zero-order valence-corrected chi connectivity index (χ0v) is 17.2. The molecule has 0 saturated carbocycles. The van der Waals surface area contributed by atoms with Crippen molar-refractivity contribution in [1.82, 2.24) is 0 Å². The Kier molecular flexibility index (Phi) is 7.85. The smallest absolute Gasteiger partial charge is 0.341 e. The van der Waals surface area contributed by atoms with Gasteiger partial charge in [0.05, 0.1) is 13.2 Å². The zero-order valence-electron chi connectivity index (χ0n) is 16.4. The molecule has 0 aliphatic heterocycles. The van der Waals surface area contributed by atoms with Gasteiger partial charge in [0.1, 0.15) is 16.3 Å². The molecule has 0 saturated heterocycles. The van der Waals surface area contributed by atoms with Gasteiger partial charge in [-0.2, -0.15) is 0 Å². The maximum absolute atomic E-state index is 12.6. The van der Waals surface area contributed by atoms with E-state index in [0.717, 1.165) is 34.6 Å². The molecule has 146 valence electrons. The normalized spacial score (nSPS) is 10.5. The molecule has 0 fully saturated rings. The van der Waals surface area contributed by atoms with Gasteiger partial charge in [0, 0.05) is 16.9 Å². The SMILES string of the molecule is CCCCC(=O)Nc1sc(C)c(-c2ccc(OCC)cc2)c1C(=O)OCC. The Labute approximate surface area is 164 Å². The number of hydrogen-bond acceptors (Lipinski definition) is 5. The van der Waals surface area contributed by atoms with E-state index in [2.05, 4.69) is 5.32 Å². The average Bonchev–Trinajstić information content (AvgIpc) is 2.97. The fraction of sp³-hybridized carbons (Fsp3) is 0.429.